The maximum absolute atomic E-state index is 6.00. The molecule has 2 aromatic heterocycles. The smallest absolute Gasteiger partial charge is 0.151 e. The van der Waals surface area contributed by atoms with Crippen molar-refractivity contribution in [1.29, 1.82) is 0 Å². The van der Waals surface area contributed by atoms with E-state index >= 15 is 0 Å². The second-order valence-corrected chi connectivity index (χ2v) is 5.35. The van der Waals surface area contributed by atoms with Crippen molar-refractivity contribution in [2.24, 2.45) is 0 Å². The molecule has 1 saturated heterocycles. The summed E-state index contributed by atoms with van der Waals surface area (Å²) in [4.78, 5) is 13.2. The number of piperazine rings is 1. The van der Waals surface area contributed by atoms with Gasteiger partial charge in [0.2, 0.25) is 0 Å². The summed E-state index contributed by atoms with van der Waals surface area (Å²) in [6, 6.07) is 7.97. The van der Waals surface area contributed by atoms with Crippen LogP contribution in [0.2, 0.25) is 0 Å². The van der Waals surface area contributed by atoms with Crippen molar-refractivity contribution in [3.63, 3.8) is 0 Å². The molecule has 0 aromatic carbocycles. The molecular formula is C16H21N5. The number of nitrogens with zero attached hydrogens (tertiary/aromatic N) is 4. The number of nitrogens with two attached hydrogens (primary N) is 1. The zero-order chi connectivity index (χ0) is 14.5. The largest absolute Gasteiger partial charge is 0.396 e. The molecule has 0 saturated carbocycles. The maximum atomic E-state index is 6.00. The van der Waals surface area contributed by atoms with Crippen molar-refractivity contribution < 1.29 is 0 Å². The van der Waals surface area contributed by atoms with Crippen LogP contribution in [0.5, 0.6) is 0 Å². The molecule has 2 N–H and O–H groups in total. The SMILES string of the molecule is Nc1cccnc1N1CCN(CCc2ccncc2)CC1. The highest BCUT2D eigenvalue weighted by Gasteiger charge is 2.19. The second-order valence-electron chi connectivity index (χ2n) is 5.35. The second kappa shape index (κ2) is 6.54. The van der Waals surface area contributed by atoms with Crippen LogP contribution in [-0.2, 0) is 6.42 Å². The molecule has 21 heavy (non-hydrogen) atoms. The predicted octanol–water partition coefficient (Wildman–Crippen LogP) is 1.42. The molecule has 0 radical (unpaired) electrons. The van der Waals surface area contributed by atoms with Gasteiger partial charge < -0.3 is 10.6 Å². The zero-order valence-corrected chi connectivity index (χ0v) is 12.2. The Morgan fingerprint density at radius 2 is 1.76 bits per heavy atom. The van der Waals surface area contributed by atoms with Crippen LogP contribution in [0.25, 0.3) is 0 Å². The summed E-state index contributed by atoms with van der Waals surface area (Å²) in [6.45, 7) is 5.17. The van der Waals surface area contributed by atoms with E-state index in [0.29, 0.717) is 0 Å². The number of anilines is 2. The van der Waals surface area contributed by atoms with E-state index in [1.54, 1.807) is 0 Å². The van der Waals surface area contributed by atoms with Crippen molar-refractivity contribution >= 4 is 11.5 Å². The Bertz CT molecular complexity index is 564. The first-order chi connectivity index (χ1) is 10.3. The number of hydrogen-bond acceptors (Lipinski definition) is 5. The molecule has 5 nitrogen and oxygen atoms in total. The lowest BCUT2D eigenvalue weighted by Crippen LogP contribution is -2.47. The maximum Gasteiger partial charge on any atom is 0.151 e. The average Bonchev–Trinajstić information content (AvgIpc) is 2.55. The molecule has 1 aliphatic rings. The first-order valence-electron chi connectivity index (χ1n) is 7.39. The predicted molar refractivity (Wildman–Crippen MR) is 85.2 cm³/mol. The standard InChI is InChI=1S/C16H21N5/c17-15-2-1-6-19-16(15)21-12-10-20(11-13-21)9-5-14-3-7-18-8-4-14/h1-4,6-8H,5,9-13,17H2. The van der Waals surface area contributed by atoms with E-state index in [4.69, 9.17) is 5.73 Å². The monoisotopic (exact) mass is 283 g/mol. The Kier molecular flexibility index (Phi) is 4.31. The van der Waals surface area contributed by atoms with Gasteiger partial charge >= 0.3 is 0 Å². The average molecular weight is 283 g/mol. The normalized spacial score (nSPS) is 16.1. The molecule has 0 unspecified atom stereocenters. The van der Waals surface area contributed by atoms with Gasteiger partial charge in [-0.2, -0.15) is 0 Å². The minimum absolute atomic E-state index is 0.766. The van der Waals surface area contributed by atoms with E-state index in [2.05, 4.69) is 31.9 Å². The van der Waals surface area contributed by atoms with Gasteiger partial charge in [0.15, 0.2) is 5.82 Å². The molecule has 0 spiro atoms. The number of nitrogen functional groups attached to an aromatic ring is 1. The van der Waals surface area contributed by atoms with Crippen molar-refractivity contribution in [2.45, 2.75) is 6.42 Å². The fraction of sp³-hybridized carbons (Fsp3) is 0.375. The quantitative estimate of drug-likeness (QED) is 0.919. The molecule has 0 aliphatic carbocycles. The molecule has 110 valence electrons. The first-order valence-corrected chi connectivity index (χ1v) is 7.39. The van der Waals surface area contributed by atoms with Gasteiger partial charge in [-0.1, -0.05) is 0 Å². The summed E-state index contributed by atoms with van der Waals surface area (Å²) in [7, 11) is 0. The van der Waals surface area contributed by atoms with Crippen molar-refractivity contribution in [3.05, 3.63) is 48.4 Å². The van der Waals surface area contributed by atoms with E-state index in [9.17, 15) is 0 Å². The van der Waals surface area contributed by atoms with Crippen LogP contribution in [0.4, 0.5) is 11.5 Å². The zero-order valence-electron chi connectivity index (χ0n) is 12.2. The highest BCUT2D eigenvalue weighted by molar-refractivity contribution is 5.62. The van der Waals surface area contributed by atoms with E-state index in [1.807, 2.05) is 30.7 Å². The van der Waals surface area contributed by atoms with Gasteiger partial charge in [-0.25, -0.2) is 4.98 Å². The van der Waals surface area contributed by atoms with Crippen LogP contribution >= 0.6 is 0 Å². The molecule has 3 heterocycles. The van der Waals surface area contributed by atoms with Gasteiger partial charge in [0.25, 0.3) is 0 Å². The Morgan fingerprint density at radius 1 is 1.00 bits per heavy atom. The Morgan fingerprint density at radius 3 is 2.48 bits per heavy atom. The summed E-state index contributed by atoms with van der Waals surface area (Å²) in [5.41, 5.74) is 8.11. The van der Waals surface area contributed by atoms with Crippen LogP contribution in [0.15, 0.2) is 42.9 Å². The van der Waals surface area contributed by atoms with E-state index < -0.39 is 0 Å². The summed E-state index contributed by atoms with van der Waals surface area (Å²) in [5, 5.41) is 0. The first kappa shape index (κ1) is 13.8. The van der Waals surface area contributed by atoms with Crippen LogP contribution < -0.4 is 10.6 Å². The fourth-order valence-corrected chi connectivity index (χ4v) is 2.69. The third kappa shape index (κ3) is 3.49. The molecule has 1 fully saturated rings. The molecule has 2 aromatic rings. The van der Waals surface area contributed by atoms with Gasteiger partial charge in [-0.15, -0.1) is 0 Å². The Labute approximate surface area is 125 Å². The van der Waals surface area contributed by atoms with Gasteiger partial charge in [0.05, 0.1) is 5.69 Å². The minimum Gasteiger partial charge on any atom is -0.396 e. The van der Waals surface area contributed by atoms with Crippen LogP contribution in [0.3, 0.4) is 0 Å². The summed E-state index contributed by atoms with van der Waals surface area (Å²) in [6.07, 6.45) is 6.60. The third-order valence-electron chi connectivity index (χ3n) is 3.95. The molecule has 3 rings (SSSR count). The summed E-state index contributed by atoms with van der Waals surface area (Å²) in [5.74, 6) is 0.922. The number of rotatable bonds is 4. The third-order valence-corrected chi connectivity index (χ3v) is 3.95. The van der Waals surface area contributed by atoms with Crippen LogP contribution in [0.1, 0.15) is 5.56 Å². The van der Waals surface area contributed by atoms with Crippen molar-refractivity contribution in [1.82, 2.24) is 14.9 Å². The van der Waals surface area contributed by atoms with E-state index in [1.165, 1.54) is 5.56 Å². The van der Waals surface area contributed by atoms with E-state index in [0.717, 1.165) is 50.6 Å². The molecule has 1 aliphatic heterocycles. The topological polar surface area (TPSA) is 58.3 Å². The Hall–Kier alpha value is -2.14. The van der Waals surface area contributed by atoms with Crippen molar-refractivity contribution in [3.8, 4) is 0 Å². The van der Waals surface area contributed by atoms with Gasteiger partial charge in [0, 0.05) is 51.3 Å². The highest BCUT2D eigenvalue weighted by Crippen LogP contribution is 2.20. The minimum atomic E-state index is 0.766. The summed E-state index contributed by atoms with van der Waals surface area (Å²) >= 11 is 0. The molecule has 5 heteroatoms. The van der Waals surface area contributed by atoms with Crippen molar-refractivity contribution in [2.75, 3.05) is 43.4 Å². The fourth-order valence-electron chi connectivity index (χ4n) is 2.69. The summed E-state index contributed by atoms with van der Waals surface area (Å²) < 4.78 is 0. The molecule has 0 bridgehead atoms. The van der Waals surface area contributed by atoms with E-state index in [-0.39, 0.29) is 0 Å². The highest BCUT2D eigenvalue weighted by atomic mass is 15.3. The molecule has 0 amide bonds. The van der Waals surface area contributed by atoms with Crippen LogP contribution in [-0.4, -0.2) is 47.6 Å². The Balaban J connectivity index is 1.50. The lowest BCUT2D eigenvalue weighted by Gasteiger charge is -2.35. The van der Waals surface area contributed by atoms with Gasteiger partial charge in [-0.05, 0) is 36.2 Å². The molecular weight excluding hydrogens is 262 g/mol. The number of hydrogen-bond donors (Lipinski definition) is 1. The number of pyridine rings is 2. The number of aromatic nitrogens is 2. The van der Waals surface area contributed by atoms with Gasteiger partial charge in [-0.3, -0.25) is 9.88 Å². The molecule has 0 atom stereocenters. The lowest BCUT2D eigenvalue weighted by molar-refractivity contribution is 0.260. The van der Waals surface area contributed by atoms with Gasteiger partial charge in [0.1, 0.15) is 0 Å². The lowest BCUT2D eigenvalue weighted by atomic mass is 10.2. The van der Waals surface area contributed by atoms with Crippen LogP contribution in [0, 0.1) is 0 Å².